The lowest BCUT2D eigenvalue weighted by molar-refractivity contribution is -0.127. The fourth-order valence-corrected chi connectivity index (χ4v) is 3.49. The van der Waals surface area contributed by atoms with Crippen LogP contribution >= 0.6 is 0 Å². The molecule has 0 aliphatic heterocycles. The van der Waals surface area contributed by atoms with Gasteiger partial charge in [0.25, 0.3) is 0 Å². The van der Waals surface area contributed by atoms with E-state index in [-0.39, 0.29) is 29.7 Å². The van der Waals surface area contributed by atoms with Gasteiger partial charge in [-0.25, -0.2) is 0 Å². The Hall–Kier alpha value is -1.43. The van der Waals surface area contributed by atoms with Gasteiger partial charge in [0.05, 0.1) is 13.2 Å². The van der Waals surface area contributed by atoms with Crippen LogP contribution in [0.15, 0.2) is 0 Å². The van der Waals surface area contributed by atoms with Crippen LogP contribution in [0.25, 0.3) is 0 Å². The van der Waals surface area contributed by atoms with Gasteiger partial charge in [-0.1, -0.05) is 34.1 Å². The summed E-state index contributed by atoms with van der Waals surface area (Å²) in [6, 6.07) is 0.175. The highest BCUT2D eigenvalue weighted by molar-refractivity contribution is 5.83. The minimum Gasteiger partial charge on any atom is -0.379 e. The van der Waals surface area contributed by atoms with Gasteiger partial charge in [0.1, 0.15) is 5.78 Å². The van der Waals surface area contributed by atoms with Crippen molar-refractivity contribution in [3.63, 3.8) is 0 Å². The topological polar surface area (TPSA) is 84.5 Å². The molecule has 0 bridgehead atoms. The van der Waals surface area contributed by atoms with Crippen LogP contribution in [0.2, 0.25) is 0 Å². The summed E-state index contributed by atoms with van der Waals surface area (Å²) in [7, 11) is 0. The average molecular weight is 397 g/mol. The minimum absolute atomic E-state index is 0.00350. The van der Waals surface area contributed by atoms with Crippen molar-refractivity contribution in [2.75, 3.05) is 19.8 Å². The van der Waals surface area contributed by atoms with E-state index in [9.17, 15) is 14.4 Å². The molecule has 1 aliphatic carbocycles. The lowest BCUT2D eigenvalue weighted by atomic mass is 9.80. The van der Waals surface area contributed by atoms with Crippen LogP contribution in [0.3, 0.4) is 0 Å². The third-order valence-electron chi connectivity index (χ3n) is 5.67. The molecule has 2 amide bonds. The summed E-state index contributed by atoms with van der Waals surface area (Å²) >= 11 is 0. The Labute approximate surface area is 170 Å². The predicted octanol–water partition coefficient (Wildman–Crippen LogP) is 3.24. The normalized spacial score (nSPS) is 20.6. The Kier molecular flexibility index (Phi) is 12.0. The third kappa shape index (κ3) is 10.2. The van der Waals surface area contributed by atoms with Crippen LogP contribution in [0.5, 0.6) is 0 Å². The molecule has 1 unspecified atom stereocenters. The number of carbonyl (C=O) groups excluding carboxylic acids is 3. The maximum atomic E-state index is 12.0. The molecule has 0 aromatic rings. The summed E-state index contributed by atoms with van der Waals surface area (Å²) in [6.45, 7) is 9.45. The zero-order valence-corrected chi connectivity index (χ0v) is 18.2. The van der Waals surface area contributed by atoms with Crippen molar-refractivity contribution in [3.05, 3.63) is 0 Å². The monoisotopic (exact) mass is 396 g/mol. The highest BCUT2D eigenvalue weighted by Gasteiger charge is 2.28. The number of carbonyl (C=O) groups is 3. The van der Waals surface area contributed by atoms with Crippen LogP contribution in [0, 0.1) is 17.8 Å². The lowest BCUT2D eigenvalue weighted by Crippen LogP contribution is -2.39. The van der Waals surface area contributed by atoms with E-state index in [0.29, 0.717) is 44.3 Å². The Balaban J connectivity index is 2.03. The van der Waals surface area contributed by atoms with Gasteiger partial charge in [-0.2, -0.15) is 0 Å². The molecule has 1 aliphatic rings. The fourth-order valence-electron chi connectivity index (χ4n) is 3.49. The Bertz CT molecular complexity index is 485. The third-order valence-corrected chi connectivity index (χ3v) is 5.67. The van der Waals surface area contributed by atoms with E-state index in [0.717, 1.165) is 38.5 Å². The molecule has 0 saturated heterocycles. The molecule has 28 heavy (non-hydrogen) atoms. The quantitative estimate of drug-likeness (QED) is 0.468. The molecule has 1 fully saturated rings. The number of hydrogen-bond acceptors (Lipinski definition) is 4. The summed E-state index contributed by atoms with van der Waals surface area (Å²) in [5.41, 5.74) is 0. The molecule has 6 heteroatoms. The maximum absolute atomic E-state index is 12.0. The zero-order chi connectivity index (χ0) is 20.9. The molecule has 0 heterocycles. The van der Waals surface area contributed by atoms with Crippen LogP contribution in [-0.4, -0.2) is 43.4 Å². The Morgan fingerprint density at radius 1 is 0.964 bits per heavy atom. The molecule has 162 valence electrons. The van der Waals surface area contributed by atoms with E-state index < -0.39 is 0 Å². The van der Waals surface area contributed by atoms with Crippen LogP contribution in [0.1, 0.15) is 79.1 Å². The van der Waals surface area contributed by atoms with Gasteiger partial charge in [-0.05, 0) is 38.0 Å². The van der Waals surface area contributed by atoms with Crippen LogP contribution in [0.4, 0.5) is 0 Å². The van der Waals surface area contributed by atoms with Gasteiger partial charge in [0, 0.05) is 37.3 Å². The van der Waals surface area contributed by atoms with Crippen molar-refractivity contribution >= 4 is 17.6 Å². The summed E-state index contributed by atoms with van der Waals surface area (Å²) in [5.74, 6) is 1.25. The van der Waals surface area contributed by atoms with Gasteiger partial charge in [-0.15, -0.1) is 0 Å². The fraction of sp³-hybridized carbons (Fsp3) is 0.864. The summed E-state index contributed by atoms with van der Waals surface area (Å²) in [4.78, 5) is 35.7. The molecule has 0 spiro atoms. The van der Waals surface area contributed by atoms with Crippen molar-refractivity contribution in [2.24, 2.45) is 17.8 Å². The van der Waals surface area contributed by atoms with Gasteiger partial charge < -0.3 is 15.4 Å². The van der Waals surface area contributed by atoms with E-state index in [4.69, 9.17) is 4.74 Å². The van der Waals surface area contributed by atoms with Gasteiger partial charge in [-0.3, -0.25) is 14.4 Å². The average Bonchev–Trinajstić information content (AvgIpc) is 2.68. The van der Waals surface area contributed by atoms with Gasteiger partial charge >= 0.3 is 0 Å². The lowest BCUT2D eigenvalue weighted by Gasteiger charge is -2.29. The molecule has 6 nitrogen and oxygen atoms in total. The van der Waals surface area contributed by atoms with Crippen LogP contribution < -0.4 is 10.6 Å². The maximum Gasteiger partial charge on any atom is 0.222 e. The van der Waals surface area contributed by atoms with E-state index in [2.05, 4.69) is 24.5 Å². The number of rotatable bonds is 13. The first-order chi connectivity index (χ1) is 13.3. The number of amides is 2. The van der Waals surface area contributed by atoms with Crippen molar-refractivity contribution in [1.29, 1.82) is 0 Å². The second-order valence-corrected chi connectivity index (χ2v) is 8.44. The summed E-state index contributed by atoms with van der Waals surface area (Å²) in [6.07, 6.45) is 6.38. The predicted molar refractivity (Wildman–Crippen MR) is 111 cm³/mol. The molecule has 0 aromatic heterocycles. The van der Waals surface area contributed by atoms with Crippen molar-refractivity contribution in [1.82, 2.24) is 10.6 Å². The second kappa shape index (κ2) is 13.7. The molecular weight excluding hydrogens is 356 g/mol. The number of hydrogen-bond donors (Lipinski definition) is 2. The number of ether oxygens (including phenoxy) is 1. The molecule has 1 atom stereocenters. The molecule has 1 rings (SSSR count). The molecule has 0 radical (unpaired) electrons. The molecule has 1 saturated carbocycles. The van der Waals surface area contributed by atoms with Crippen molar-refractivity contribution in [3.8, 4) is 0 Å². The summed E-state index contributed by atoms with van der Waals surface area (Å²) in [5, 5.41) is 5.89. The Morgan fingerprint density at radius 2 is 1.64 bits per heavy atom. The van der Waals surface area contributed by atoms with E-state index >= 15 is 0 Å². The number of nitrogens with one attached hydrogen (secondary N) is 2. The summed E-state index contributed by atoms with van der Waals surface area (Å²) < 4.78 is 5.45. The van der Waals surface area contributed by atoms with Crippen molar-refractivity contribution < 1.29 is 19.1 Å². The molecule has 2 N–H and O–H groups in total. The number of Topliss-reactive ketones (excluding diaryl/α,β-unsaturated/α-hetero) is 1. The standard InChI is InChI=1S/C22H40N2O4/c1-5-17(4)6-11-20(25)23-13-15-28-14-12-21(26)24-19-9-7-18(8-10-19)22(27)16(2)3/h16-19H,5-15H2,1-4H3,(H,23,25)(H,24,26). The smallest absolute Gasteiger partial charge is 0.222 e. The Morgan fingerprint density at radius 3 is 2.25 bits per heavy atom. The zero-order valence-electron chi connectivity index (χ0n) is 18.2. The van der Waals surface area contributed by atoms with E-state index in [1.807, 2.05) is 13.8 Å². The van der Waals surface area contributed by atoms with Crippen LogP contribution in [-0.2, 0) is 19.1 Å². The van der Waals surface area contributed by atoms with Crippen molar-refractivity contribution in [2.45, 2.75) is 85.1 Å². The first kappa shape index (κ1) is 24.6. The van der Waals surface area contributed by atoms with E-state index in [1.165, 1.54) is 0 Å². The number of ketones is 1. The minimum atomic E-state index is -0.00350. The highest BCUT2D eigenvalue weighted by atomic mass is 16.5. The first-order valence-corrected chi connectivity index (χ1v) is 11.0. The second-order valence-electron chi connectivity index (χ2n) is 8.44. The first-order valence-electron chi connectivity index (χ1n) is 11.0. The SMILES string of the molecule is CCC(C)CCC(=O)NCCOCCC(=O)NC1CCC(C(=O)C(C)C)CC1. The molecule has 0 aromatic carbocycles. The van der Waals surface area contributed by atoms with Gasteiger partial charge in [0.15, 0.2) is 0 Å². The largest absolute Gasteiger partial charge is 0.379 e. The highest BCUT2D eigenvalue weighted by Crippen LogP contribution is 2.27. The molecular formula is C22H40N2O4. The van der Waals surface area contributed by atoms with Gasteiger partial charge in [0.2, 0.25) is 11.8 Å². The van der Waals surface area contributed by atoms with E-state index in [1.54, 1.807) is 0 Å².